The largest absolute Gasteiger partial charge is 0.343 e. The summed E-state index contributed by atoms with van der Waals surface area (Å²) < 4.78 is 27.9. The molecule has 1 aromatic carbocycles. The highest BCUT2D eigenvalue weighted by molar-refractivity contribution is 7.92. The molecule has 1 saturated carbocycles. The van der Waals surface area contributed by atoms with Gasteiger partial charge in [-0.25, -0.2) is 8.42 Å². The van der Waals surface area contributed by atoms with Crippen LogP contribution < -0.4 is 21.3 Å². The second kappa shape index (κ2) is 13.0. The summed E-state index contributed by atoms with van der Waals surface area (Å²) >= 11 is 0.951. The minimum absolute atomic E-state index is 0.132. The number of carbonyl (C=O) groups is 3. The van der Waals surface area contributed by atoms with Crippen molar-refractivity contribution in [1.82, 2.24) is 25.5 Å². The summed E-state index contributed by atoms with van der Waals surface area (Å²) in [5.41, 5.74) is 1.16. The molecular weight excluding hydrogens is 540 g/mol. The molecule has 214 valence electrons. The molecule has 3 atom stereocenters. The van der Waals surface area contributed by atoms with Crippen LogP contribution in [0.2, 0.25) is 0 Å². The van der Waals surface area contributed by atoms with Crippen molar-refractivity contribution in [3.8, 4) is 11.3 Å². The highest BCUT2D eigenvalue weighted by Gasteiger charge is 2.46. The number of rotatable bonds is 11. The molecule has 0 radical (unpaired) electrons. The van der Waals surface area contributed by atoms with Gasteiger partial charge in [0.05, 0.1) is 10.8 Å². The van der Waals surface area contributed by atoms with E-state index in [9.17, 15) is 22.8 Å². The molecule has 3 rings (SSSR count). The molecule has 0 unspecified atom stereocenters. The number of nitrogens with zero attached hydrogens (tertiary/aromatic N) is 2. The molecule has 1 heterocycles. The van der Waals surface area contributed by atoms with Crippen LogP contribution in [0.25, 0.3) is 11.3 Å². The van der Waals surface area contributed by atoms with Crippen molar-refractivity contribution in [2.45, 2.75) is 75.7 Å². The number of hydrogen-bond acceptors (Lipinski definition) is 9. The van der Waals surface area contributed by atoms with E-state index in [1.165, 1.54) is 13.8 Å². The monoisotopic (exact) mass is 578 g/mol. The third-order valence-electron chi connectivity index (χ3n) is 7.50. The molecule has 4 N–H and O–H groups in total. The zero-order valence-corrected chi connectivity index (χ0v) is 24.6. The van der Waals surface area contributed by atoms with Crippen molar-refractivity contribution in [3.63, 3.8) is 0 Å². The van der Waals surface area contributed by atoms with E-state index in [2.05, 4.69) is 30.9 Å². The lowest BCUT2D eigenvalue weighted by Gasteiger charge is -2.35. The Bertz CT molecular complexity index is 1260. The molecule has 13 heteroatoms. The smallest absolute Gasteiger partial charge is 0.249 e. The van der Waals surface area contributed by atoms with Gasteiger partial charge in [-0.2, -0.15) is 0 Å². The van der Waals surface area contributed by atoms with Gasteiger partial charge >= 0.3 is 0 Å². The molecule has 0 spiro atoms. The Labute approximate surface area is 234 Å². The molecule has 0 bridgehead atoms. The Balaban J connectivity index is 1.92. The van der Waals surface area contributed by atoms with E-state index in [0.29, 0.717) is 10.7 Å². The highest BCUT2D eigenvalue weighted by Crippen LogP contribution is 2.31. The van der Waals surface area contributed by atoms with Gasteiger partial charge in [0, 0.05) is 23.4 Å². The van der Waals surface area contributed by atoms with Gasteiger partial charge < -0.3 is 21.3 Å². The maximum absolute atomic E-state index is 13.7. The first-order valence-corrected chi connectivity index (χ1v) is 15.7. The van der Waals surface area contributed by atoms with Crippen LogP contribution in [0.3, 0.4) is 0 Å². The zero-order valence-electron chi connectivity index (χ0n) is 23.0. The quantitative estimate of drug-likeness (QED) is 0.316. The van der Waals surface area contributed by atoms with Gasteiger partial charge in [-0.3, -0.25) is 14.4 Å². The van der Waals surface area contributed by atoms with Crippen LogP contribution in [0.1, 0.15) is 52.9 Å². The molecule has 1 aromatic heterocycles. The van der Waals surface area contributed by atoms with E-state index in [1.54, 1.807) is 14.0 Å². The lowest BCUT2D eigenvalue weighted by Crippen LogP contribution is -2.63. The Kier molecular flexibility index (Phi) is 10.2. The topological polar surface area (TPSA) is 159 Å². The first-order valence-electron chi connectivity index (χ1n) is 13.0. The number of hydrogen-bond donors (Lipinski definition) is 4. The van der Waals surface area contributed by atoms with E-state index in [-0.39, 0.29) is 11.8 Å². The molecule has 0 saturated heterocycles. The summed E-state index contributed by atoms with van der Waals surface area (Å²) in [6.45, 7) is 4.47. The molecule has 39 heavy (non-hydrogen) atoms. The van der Waals surface area contributed by atoms with Crippen LogP contribution in [0.5, 0.6) is 0 Å². The van der Waals surface area contributed by atoms with Gasteiger partial charge in [0.2, 0.25) is 17.7 Å². The fraction of sp³-hybridized carbons (Fsp3) is 0.577. The molecule has 11 nitrogen and oxygen atoms in total. The second-order valence-electron chi connectivity index (χ2n) is 10.5. The minimum Gasteiger partial charge on any atom is -0.343 e. The van der Waals surface area contributed by atoms with E-state index in [4.69, 9.17) is 0 Å². The van der Waals surface area contributed by atoms with E-state index in [1.807, 2.05) is 30.3 Å². The third kappa shape index (κ3) is 7.40. The van der Waals surface area contributed by atoms with Crippen molar-refractivity contribution in [2.24, 2.45) is 5.92 Å². The van der Waals surface area contributed by atoms with Crippen LogP contribution >= 0.6 is 11.5 Å². The molecule has 0 aliphatic heterocycles. The normalized spacial score (nSPS) is 17.1. The number of anilines is 1. The van der Waals surface area contributed by atoms with Crippen LogP contribution in [0.4, 0.5) is 5.00 Å². The number of nitrogens with one attached hydrogen (secondary N) is 4. The van der Waals surface area contributed by atoms with Crippen molar-refractivity contribution < 1.29 is 22.8 Å². The average molecular weight is 579 g/mol. The number of sulfone groups is 1. The Hall–Kier alpha value is -2.90. The first kappa shape index (κ1) is 30.6. The summed E-state index contributed by atoms with van der Waals surface area (Å²) in [5.74, 6) is -1.80. The summed E-state index contributed by atoms with van der Waals surface area (Å²) in [6.07, 6.45) is 5.40. The standard InChI is InChI=1S/C26H38N6O5S2/c1-16(27-4)22(33)28-19(17-12-8-6-9-13-17)23(34)29-21(26(2,3)39(5,36)37)24(35)30-25-20(31-32-38-25)18-14-10-7-11-15-18/h7,10-11,14-17,19,21,27H,6,8-9,12-13H2,1-5H3,(H,28,33)(H,29,34)(H,30,35)/t16-,19-,21+/m0/s1. The predicted molar refractivity (Wildman–Crippen MR) is 152 cm³/mol. The zero-order chi connectivity index (χ0) is 28.8. The van der Waals surface area contributed by atoms with Crippen molar-refractivity contribution in [1.29, 1.82) is 0 Å². The van der Waals surface area contributed by atoms with Crippen molar-refractivity contribution in [2.75, 3.05) is 18.6 Å². The Morgan fingerprint density at radius 2 is 1.64 bits per heavy atom. The fourth-order valence-corrected chi connectivity index (χ4v) is 5.71. The summed E-state index contributed by atoms with van der Waals surface area (Å²) in [4.78, 5) is 40.1. The number of benzene rings is 1. The van der Waals surface area contributed by atoms with Gasteiger partial charge in [0.15, 0.2) is 9.84 Å². The SMILES string of the molecule is CN[C@@H](C)C(=O)N[C@H](C(=O)N[C@H](C(=O)Nc1snnc1-c1ccccc1)C(C)(C)S(C)(=O)=O)C1CCCCC1. The van der Waals surface area contributed by atoms with Gasteiger partial charge in [-0.1, -0.05) is 54.1 Å². The third-order valence-corrected chi connectivity index (χ3v) is 10.3. The average Bonchev–Trinajstić information content (AvgIpc) is 3.37. The summed E-state index contributed by atoms with van der Waals surface area (Å²) in [5, 5.41) is 15.6. The fourth-order valence-electron chi connectivity index (χ4n) is 4.52. The van der Waals surface area contributed by atoms with Crippen LogP contribution in [-0.4, -0.2) is 71.9 Å². The van der Waals surface area contributed by atoms with Crippen molar-refractivity contribution in [3.05, 3.63) is 30.3 Å². The van der Waals surface area contributed by atoms with Crippen LogP contribution in [0, 0.1) is 5.92 Å². The number of carbonyl (C=O) groups excluding carboxylic acids is 3. The van der Waals surface area contributed by atoms with E-state index < -0.39 is 44.5 Å². The number of likely N-dealkylation sites (N-methyl/N-ethyl adjacent to an activating group) is 1. The van der Waals surface area contributed by atoms with E-state index >= 15 is 0 Å². The van der Waals surface area contributed by atoms with Crippen LogP contribution in [0.15, 0.2) is 30.3 Å². The Morgan fingerprint density at radius 3 is 2.23 bits per heavy atom. The van der Waals surface area contributed by atoms with Crippen molar-refractivity contribution >= 4 is 44.1 Å². The molecule has 1 aliphatic rings. The van der Waals surface area contributed by atoms with Gasteiger partial charge in [0.25, 0.3) is 0 Å². The lowest BCUT2D eigenvalue weighted by atomic mass is 9.83. The molecule has 2 aromatic rings. The van der Waals surface area contributed by atoms with E-state index in [0.717, 1.165) is 55.5 Å². The van der Waals surface area contributed by atoms with Crippen LogP contribution in [-0.2, 0) is 24.2 Å². The molecular formula is C26H38N6O5S2. The summed E-state index contributed by atoms with van der Waals surface area (Å²) in [7, 11) is -2.18. The predicted octanol–water partition coefficient (Wildman–Crippen LogP) is 2.12. The van der Waals surface area contributed by atoms with Gasteiger partial charge in [-0.05, 0) is 46.6 Å². The lowest BCUT2D eigenvalue weighted by molar-refractivity contribution is -0.133. The number of amides is 3. The molecule has 3 amide bonds. The minimum atomic E-state index is -3.83. The molecule has 1 aliphatic carbocycles. The number of aromatic nitrogens is 2. The molecule has 1 fully saturated rings. The maximum Gasteiger partial charge on any atom is 0.249 e. The first-order chi connectivity index (χ1) is 18.4. The maximum atomic E-state index is 13.7. The highest BCUT2D eigenvalue weighted by atomic mass is 32.2. The van der Waals surface area contributed by atoms with Gasteiger partial charge in [-0.15, -0.1) is 5.10 Å². The second-order valence-corrected chi connectivity index (χ2v) is 13.9. The summed E-state index contributed by atoms with van der Waals surface area (Å²) in [6, 6.07) is 6.21. The Morgan fingerprint density at radius 1 is 1.00 bits per heavy atom. The van der Waals surface area contributed by atoms with Gasteiger partial charge in [0.1, 0.15) is 22.8 Å².